The maximum Gasteiger partial charge on any atom is 0.149 e. The van der Waals surface area contributed by atoms with Crippen molar-refractivity contribution in [3.63, 3.8) is 0 Å². The SMILES string of the molecule is Cc1cc(C)cc(CNc2c(F)cccc2F)c1. The molecular formula is C15H15F2N. The molecule has 0 saturated carbocycles. The van der Waals surface area contributed by atoms with E-state index in [1.165, 1.54) is 18.2 Å². The third kappa shape index (κ3) is 2.86. The summed E-state index contributed by atoms with van der Waals surface area (Å²) in [6.07, 6.45) is 0. The van der Waals surface area contributed by atoms with E-state index in [-0.39, 0.29) is 5.69 Å². The van der Waals surface area contributed by atoms with Crippen LogP contribution in [0.15, 0.2) is 36.4 Å². The van der Waals surface area contributed by atoms with Gasteiger partial charge in [0.05, 0.1) is 0 Å². The van der Waals surface area contributed by atoms with Crippen molar-refractivity contribution in [2.24, 2.45) is 0 Å². The Hall–Kier alpha value is -1.90. The molecular weight excluding hydrogens is 232 g/mol. The van der Waals surface area contributed by atoms with Crippen molar-refractivity contribution in [3.05, 3.63) is 64.7 Å². The summed E-state index contributed by atoms with van der Waals surface area (Å²) in [7, 11) is 0. The second kappa shape index (κ2) is 5.17. The predicted octanol–water partition coefficient (Wildman–Crippen LogP) is 4.19. The van der Waals surface area contributed by atoms with Crippen LogP contribution in [0.1, 0.15) is 16.7 Å². The van der Waals surface area contributed by atoms with Gasteiger partial charge in [0.15, 0.2) is 0 Å². The second-order valence-electron chi connectivity index (χ2n) is 4.45. The Morgan fingerprint density at radius 2 is 1.50 bits per heavy atom. The van der Waals surface area contributed by atoms with E-state index in [0.717, 1.165) is 16.7 Å². The number of hydrogen-bond acceptors (Lipinski definition) is 1. The molecule has 0 aliphatic rings. The fourth-order valence-corrected chi connectivity index (χ4v) is 2.03. The number of aryl methyl sites for hydroxylation is 2. The summed E-state index contributed by atoms with van der Waals surface area (Å²) in [5.74, 6) is -1.14. The van der Waals surface area contributed by atoms with Gasteiger partial charge in [0.2, 0.25) is 0 Å². The predicted molar refractivity (Wildman–Crippen MR) is 69.6 cm³/mol. The molecule has 0 aliphatic heterocycles. The van der Waals surface area contributed by atoms with Crippen molar-refractivity contribution in [1.29, 1.82) is 0 Å². The Kier molecular flexibility index (Phi) is 3.60. The zero-order chi connectivity index (χ0) is 13.1. The van der Waals surface area contributed by atoms with E-state index in [4.69, 9.17) is 0 Å². The summed E-state index contributed by atoms with van der Waals surface area (Å²) in [6.45, 7) is 4.40. The molecule has 0 aliphatic carbocycles. The fraction of sp³-hybridized carbons (Fsp3) is 0.200. The van der Waals surface area contributed by atoms with Crippen LogP contribution in [0.5, 0.6) is 0 Å². The van der Waals surface area contributed by atoms with Gasteiger partial charge < -0.3 is 5.32 Å². The van der Waals surface area contributed by atoms with E-state index in [9.17, 15) is 8.78 Å². The van der Waals surface area contributed by atoms with Gasteiger partial charge in [-0.1, -0.05) is 35.4 Å². The fourth-order valence-electron chi connectivity index (χ4n) is 2.03. The lowest BCUT2D eigenvalue weighted by atomic mass is 10.1. The molecule has 0 amide bonds. The topological polar surface area (TPSA) is 12.0 Å². The van der Waals surface area contributed by atoms with Crippen molar-refractivity contribution in [2.75, 3.05) is 5.32 Å². The summed E-state index contributed by atoms with van der Waals surface area (Å²) in [5.41, 5.74) is 3.22. The van der Waals surface area contributed by atoms with Crippen LogP contribution in [0.2, 0.25) is 0 Å². The summed E-state index contributed by atoms with van der Waals surface area (Å²) < 4.78 is 26.8. The van der Waals surface area contributed by atoms with E-state index < -0.39 is 11.6 Å². The number of rotatable bonds is 3. The van der Waals surface area contributed by atoms with Gasteiger partial charge in [-0.05, 0) is 31.5 Å². The smallest absolute Gasteiger partial charge is 0.149 e. The first-order valence-electron chi connectivity index (χ1n) is 5.81. The lowest BCUT2D eigenvalue weighted by Crippen LogP contribution is -2.04. The third-order valence-electron chi connectivity index (χ3n) is 2.71. The van der Waals surface area contributed by atoms with E-state index in [0.29, 0.717) is 6.54 Å². The van der Waals surface area contributed by atoms with Gasteiger partial charge in [-0.25, -0.2) is 8.78 Å². The molecule has 0 heterocycles. The third-order valence-corrected chi connectivity index (χ3v) is 2.71. The summed E-state index contributed by atoms with van der Waals surface area (Å²) in [4.78, 5) is 0. The lowest BCUT2D eigenvalue weighted by molar-refractivity contribution is 0.588. The molecule has 0 unspecified atom stereocenters. The lowest BCUT2D eigenvalue weighted by Gasteiger charge is -2.10. The molecule has 0 fully saturated rings. The van der Waals surface area contributed by atoms with Crippen LogP contribution in [-0.2, 0) is 6.54 Å². The Bertz CT molecular complexity index is 524. The maximum atomic E-state index is 13.4. The molecule has 1 N–H and O–H groups in total. The first kappa shape index (κ1) is 12.6. The molecule has 3 heteroatoms. The molecule has 18 heavy (non-hydrogen) atoms. The largest absolute Gasteiger partial charge is 0.376 e. The highest BCUT2D eigenvalue weighted by Crippen LogP contribution is 2.19. The minimum Gasteiger partial charge on any atom is -0.376 e. The van der Waals surface area contributed by atoms with E-state index in [1.807, 2.05) is 26.0 Å². The Morgan fingerprint density at radius 3 is 2.06 bits per heavy atom. The number of hydrogen-bond donors (Lipinski definition) is 1. The van der Waals surface area contributed by atoms with Gasteiger partial charge in [0.25, 0.3) is 0 Å². The van der Waals surface area contributed by atoms with Gasteiger partial charge in [0.1, 0.15) is 17.3 Å². The normalized spacial score (nSPS) is 10.4. The van der Waals surface area contributed by atoms with Gasteiger partial charge >= 0.3 is 0 Å². The highest BCUT2D eigenvalue weighted by molar-refractivity contribution is 5.46. The Morgan fingerprint density at radius 1 is 0.944 bits per heavy atom. The van der Waals surface area contributed by atoms with Crippen molar-refractivity contribution >= 4 is 5.69 Å². The van der Waals surface area contributed by atoms with Crippen LogP contribution in [-0.4, -0.2) is 0 Å². The maximum absolute atomic E-state index is 13.4. The van der Waals surface area contributed by atoms with E-state index >= 15 is 0 Å². The van der Waals surface area contributed by atoms with Gasteiger partial charge in [-0.3, -0.25) is 0 Å². The minimum absolute atomic E-state index is 0.0725. The molecule has 0 saturated heterocycles. The second-order valence-corrected chi connectivity index (χ2v) is 4.45. The number of nitrogens with one attached hydrogen (secondary N) is 1. The van der Waals surface area contributed by atoms with Crippen LogP contribution < -0.4 is 5.32 Å². The van der Waals surface area contributed by atoms with Crippen molar-refractivity contribution in [1.82, 2.24) is 0 Å². The zero-order valence-electron chi connectivity index (χ0n) is 10.4. The molecule has 2 aromatic carbocycles. The number of para-hydroxylation sites is 1. The average molecular weight is 247 g/mol. The molecule has 0 spiro atoms. The quantitative estimate of drug-likeness (QED) is 0.857. The molecule has 1 nitrogen and oxygen atoms in total. The van der Waals surface area contributed by atoms with Gasteiger partial charge in [-0.2, -0.15) is 0 Å². The highest BCUT2D eigenvalue weighted by Gasteiger charge is 2.07. The number of halogens is 2. The summed E-state index contributed by atoms with van der Waals surface area (Å²) in [5, 5.41) is 2.80. The molecule has 2 rings (SSSR count). The number of benzene rings is 2. The zero-order valence-corrected chi connectivity index (χ0v) is 10.4. The van der Waals surface area contributed by atoms with Crippen LogP contribution in [0, 0.1) is 25.5 Å². The molecule has 0 radical (unpaired) electrons. The molecule has 2 aromatic rings. The van der Waals surface area contributed by atoms with Crippen LogP contribution in [0.4, 0.5) is 14.5 Å². The van der Waals surface area contributed by atoms with E-state index in [2.05, 4.69) is 11.4 Å². The van der Waals surface area contributed by atoms with Crippen LogP contribution >= 0.6 is 0 Å². The van der Waals surface area contributed by atoms with Gasteiger partial charge in [0, 0.05) is 6.54 Å². The highest BCUT2D eigenvalue weighted by atomic mass is 19.1. The summed E-state index contributed by atoms with van der Waals surface area (Å²) in [6, 6.07) is 9.90. The first-order chi connectivity index (χ1) is 8.56. The Labute approximate surface area is 105 Å². The molecule has 94 valence electrons. The average Bonchev–Trinajstić information content (AvgIpc) is 2.27. The van der Waals surface area contributed by atoms with Crippen LogP contribution in [0.3, 0.4) is 0 Å². The molecule has 0 bridgehead atoms. The summed E-state index contributed by atoms with van der Waals surface area (Å²) >= 11 is 0. The Balaban J connectivity index is 2.16. The standard InChI is InChI=1S/C15H15F2N/c1-10-6-11(2)8-12(7-10)9-18-15-13(16)4-3-5-14(15)17/h3-8,18H,9H2,1-2H3. The van der Waals surface area contributed by atoms with Crippen LogP contribution in [0.25, 0.3) is 0 Å². The first-order valence-corrected chi connectivity index (χ1v) is 5.81. The number of anilines is 1. The van der Waals surface area contributed by atoms with Gasteiger partial charge in [-0.15, -0.1) is 0 Å². The van der Waals surface area contributed by atoms with E-state index in [1.54, 1.807) is 0 Å². The van der Waals surface area contributed by atoms with Crippen molar-refractivity contribution in [2.45, 2.75) is 20.4 Å². The molecule has 0 aromatic heterocycles. The minimum atomic E-state index is -0.570. The monoisotopic (exact) mass is 247 g/mol. The van der Waals surface area contributed by atoms with Crippen molar-refractivity contribution < 1.29 is 8.78 Å². The van der Waals surface area contributed by atoms with Crippen molar-refractivity contribution in [3.8, 4) is 0 Å². The molecule has 0 atom stereocenters.